The Hall–Kier alpha value is -3.27. The molecule has 6 nitrogen and oxygen atoms in total. The quantitative estimate of drug-likeness (QED) is 0.378. The molecule has 1 aliphatic rings. The van der Waals surface area contributed by atoms with Crippen molar-refractivity contribution in [1.29, 1.82) is 0 Å². The highest BCUT2D eigenvalue weighted by atomic mass is 79.9. The van der Waals surface area contributed by atoms with Gasteiger partial charge in [-0.3, -0.25) is 4.79 Å². The van der Waals surface area contributed by atoms with E-state index in [9.17, 15) is 22.8 Å². The van der Waals surface area contributed by atoms with Crippen LogP contribution in [0, 0.1) is 0 Å². The van der Waals surface area contributed by atoms with Crippen molar-refractivity contribution in [2.75, 3.05) is 12.0 Å². The molecule has 4 rings (SSSR count). The van der Waals surface area contributed by atoms with Gasteiger partial charge < -0.3 is 4.74 Å². The molecule has 31 heavy (non-hydrogen) atoms. The fraction of sp³-hybridized carbons (Fsp3) is 0.143. The number of carbonyl (C=O) groups is 2. The van der Waals surface area contributed by atoms with E-state index in [1.165, 1.54) is 23.4 Å². The molecule has 0 saturated heterocycles. The number of esters is 1. The largest absolute Gasteiger partial charge is 0.465 e. The van der Waals surface area contributed by atoms with Gasteiger partial charge in [0.1, 0.15) is 16.5 Å². The number of alkyl halides is 4. The molecule has 2 aromatic heterocycles. The number of halogens is 4. The fourth-order valence-electron chi connectivity index (χ4n) is 3.43. The second-order valence-electron chi connectivity index (χ2n) is 6.57. The van der Waals surface area contributed by atoms with Crippen LogP contribution in [0.2, 0.25) is 0 Å². The van der Waals surface area contributed by atoms with E-state index in [1.54, 1.807) is 24.3 Å². The number of carbonyl (C=O) groups excluding carboxylic acids is 2. The zero-order chi connectivity index (χ0) is 22.3. The highest BCUT2D eigenvalue weighted by Crippen LogP contribution is 2.47. The van der Waals surface area contributed by atoms with Crippen LogP contribution < -0.4 is 4.90 Å². The monoisotopic (exact) mass is 491 g/mol. The summed E-state index contributed by atoms with van der Waals surface area (Å²) in [5.41, 5.74) is -0.482. The Morgan fingerprint density at radius 3 is 2.55 bits per heavy atom. The number of aromatic nitrogens is 2. The molecule has 1 aromatic carbocycles. The van der Waals surface area contributed by atoms with E-state index < -0.39 is 28.1 Å². The fourth-order valence-corrected chi connectivity index (χ4v) is 4.08. The number of amides is 1. The minimum atomic E-state index is -4.73. The Morgan fingerprint density at radius 1 is 1.13 bits per heavy atom. The summed E-state index contributed by atoms with van der Waals surface area (Å²) in [5, 5.41) is 0. The van der Waals surface area contributed by atoms with E-state index in [4.69, 9.17) is 0 Å². The average Bonchev–Trinajstić information content (AvgIpc) is 3.03. The maximum Gasteiger partial charge on any atom is 0.417 e. The van der Waals surface area contributed by atoms with Crippen LogP contribution in [0.15, 0.2) is 54.9 Å². The first-order chi connectivity index (χ1) is 14.7. The molecule has 1 atom stereocenters. The minimum Gasteiger partial charge on any atom is -0.465 e. The average molecular weight is 492 g/mol. The first kappa shape index (κ1) is 21.0. The molecular weight excluding hydrogens is 479 g/mol. The molecule has 0 saturated carbocycles. The molecule has 1 amide bonds. The van der Waals surface area contributed by atoms with Crippen LogP contribution in [-0.4, -0.2) is 29.0 Å². The van der Waals surface area contributed by atoms with Gasteiger partial charge in [-0.05, 0) is 41.5 Å². The summed E-state index contributed by atoms with van der Waals surface area (Å²) < 4.78 is 44.6. The molecule has 10 heteroatoms. The number of pyridine rings is 2. The van der Waals surface area contributed by atoms with Crippen LogP contribution in [0.3, 0.4) is 0 Å². The van der Waals surface area contributed by atoms with Gasteiger partial charge in [-0.1, -0.05) is 28.1 Å². The van der Waals surface area contributed by atoms with E-state index in [1.807, 2.05) is 0 Å². The van der Waals surface area contributed by atoms with Crippen LogP contribution in [0.4, 0.5) is 24.8 Å². The zero-order valence-electron chi connectivity index (χ0n) is 15.9. The lowest BCUT2D eigenvalue weighted by Crippen LogP contribution is -2.23. The molecule has 0 spiro atoms. The molecule has 1 unspecified atom stereocenters. The number of hydrogen-bond acceptors (Lipinski definition) is 5. The van der Waals surface area contributed by atoms with Gasteiger partial charge in [-0.15, -0.1) is 0 Å². The van der Waals surface area contributed by atoms with Crippen molar-refractivity contribution in [3.8, 4) is 11.1 Å². The number of methoxy groups -OCH3 is 1. The minimum absolute atomic E-state index is 0.308. The summed E-state index contributed by atoms with van der Waals surface area (Å²) >= 11 is 3.37. The molecule has 3 heterocycles. The summed E-state index contributed by atoms with van der Waals surface area (Å²) in [4.78, 5) is 34.0. The number of benzene rings is 1. The van der Waals surface area contributed by atoms with Crippen molar-refractivity contribution < 1.29 is 27.5 Å². The van der Waals surface area contributed by atoms with Gasteiger partial charge in [-0.2, -0.15) is 13.2 Å². The molecule has 158 valence electrons. The van der Waals surface area contributed by atoms with E-state index in [0.29, 0.717) is 28.3 Å². The van der Waals surface area contributed by atoms with Gasteiger partial charge in [0.2, 0.25) is 0 Å². The van der Waals surface area contributed by atoms with E-state index >= 15 is 0 Å². The van der Waals surface area contributed by atoms with Crippen molar-refractivity contribution in [3.05, 3.63) is 71.5 Å². The first-order valence-corrected chi connectivity index (χ1v) is 9.83. The number of hydrogen-bond donors (Lipinski definition) is 0. The highest BCUT2D eigenvalue weighted by Gasteiger charge is 2.41. The summed E-state index contributed by atoms with van der Waals surface area (Å²) in [6.07, 6.45) is -1.75. The van der Waals surface area contributed by atoms with Gasteiger partial charge in [-0.25, -0.2) is 19.7 Å². The molecule has 0 bridgehead atoms. The normalized spacial score (nSPS) is 15.7. The van der Waals surface area contributed by atoms with Gasteiger partial charge in [0, 0.05) is 18.0 Å². The van der Waals surface area contributed by atoms with Crippen LogP contribution >= 0.6 is 15.9 Å². The van der Waals surface area contributed by atoms with Gasteiger partial charge in [0.15, 0.2) is 0 Å². The van der Waals surface area contributed by atoms with Crippen molar-refractivity contribution in [2.45, 2.75) is 11.0 Å². The Kier molecular flexibility index (Phi) is 5.26. The second kappa shape index (κ2) is 7.77. The molecule has 1 aliphatic heterocycles. The van der Waals surface area contributed by atoms with Crippen molar-refractivity contribution >= 4 is 39.4 Å². The number of anilines is 2. The molecular formula is C21H13BrF3N3O3. The molecule has 0 fully saturated rings. The predicted octanol–water partition coefficient (Wildman–Crippen LogP) is 5.06. The lowest BCUT2D eigenvalue weighted by Gasteiger charge is -2.16. The predicted molar refractivity (Wildman–Crippen MR) is 109 cm³/mol. The maximum atomic E-state index is 13.4. The summed E-state index contributed by atoms with van der Waals surface area (Å²) in [7, 11) is 1.01. The Morgan fingerprint density at radius 2 is 1.90 bits per heavy atom. The Bertz CT molecular complexity index is 1190. The zero-order valence-corrected chi connectivity index (χ0v) is 17.4. The summed E-state index contributed by atoms with van der Waals surface area (Å²) in [5.74, 6) is -0.777. The van der Waals surface area contributed by atoms with Gasteiger partial charge >= 0.3 is 12.1 Å². The highest BCUT2D eigenvalue weighted by molar-refractivity contribution is 9.09. The Labute approximate surface area is 182 Å². The second-order valence-corrected chi connectivity index (χ2v) is 7.49. The molecule has 0 radical (unpaired) electrons. The third kappa shape index (κ3) is 3.56. The van der Waals surface area contributed by atoms with Crippen LogP contribution in [0.25, 0.3) is 11.1 Å². The Balaban J connectivity index is 1.90. The molecule has 0 N–H and O–H groups in total. The number of ether oxygens (including phenoxy) is 1. The van der Waals surface area contributed by atoms with Crippen molar-refractivity contribution in [3.63, 3.8) is 0 Å². The standard InChI is InChI=1S/C21H13BrF3N3O3/c1-31-20(30)13-10-11(5-6-14(13)21(23,24)25)12-7-9-27-18-16(12)17(22)19(29)28(18)15-4-2-3-8-26-15/h2-10,17H,1H3. The summed E-state index contributed by atoms with van der Waals surface area (Å²) in [6, 6.07) is 9.83. The lowest BCUT2D eigenvalue weighted by atomic mass is 9.95. The van der Waals surface area contributed by atoms with Gasteiger partial charge in [0.25, 0.3) is 5.91 Å². The van der Waals surface area contributed by atoms with Gasteiger partial charge in [0.05, 0.1) is 18.2 Å². The maximum absolute atomic E-state index is 13.4. The molecule has 0 aliphatic carbocycles. The van der Waals surface area contributed by atoms with Crippen LogP contribution in [0.5, 0.6) is 0 Å². The molecule has 3 aromatic rings. The first-order valence-electron chi connectivity index (χ1n) is 8.92. The third-order valence-electron chi connectivity index (χ3n) is 4.79. The van der Waals surface area contributed by atoms with Crippen molar-refractivity contribution in [1.82, 2.24) is 9.97 Å². The van der Waals surface area contributed by atoms with E-state index in [-0.39, 0.29) is 5.91 Å². The summed E-state index contributed by atoms with van der Waals surface area (Å²) in [6.45, 7) is 0. The van der Waals surface area contributed by atoms with E-state index in [0.717, 1.165) is 19.2 Å². The number of rotatable bonds is 3. The van der Waals surface area contributed by atoms with E-state index in [2.05, 4.69) is 30.6 Å². The lowest BCUT2D eigenvalue weighted by molar-refractivity contribution is -0.138. The topological polar surface area (TPSA) is 72.4 Å². The third-order valence-corrected chi connectivity index (χ3v) is 5.64. The SMILES string of the molecule is COC(=O)c1cc(-c2ccnc3c2C(Br)C(=O)N3c2ccccn2)ccc1C(F)(F)F. The van der Waals surface area contributed by atoms with Crippen LogP contribution in [0.1, 0.15) is 26.3 Å². The van der Waals surface area contributed by atoms with Crippen molar-refractivity contribution in [2.24, 2.45) is 0 Å². The number of fused-ring (bicyclic) bond motifs is 1. The van der Waals surface area contributed by atoms with Crippen LogP contribution in [-0.2, 0) is 15.7 Å². The smallest absolute Gasteiger partial charge is 0.417 e. The number of nitrogens with zero attached hydrogens (tertiary/aromatic N) is 3.